The summed E-state index contributed by atoms with van der Waals surface area (Å²) < 4.78 is 5.35. The van der Waals surface area contributed by atoms with Gasteiger partial charge in [0.15, 0.2) is 0 Å². The van der Waals surface area contributed by atoms with Crippen LogP contribution in [-0.2, 0) is 6.54 Å². The van der Waals surface area contributed by atoms with Crippen LogP contribution in [0.15, 0.2) is 12.1 Å². The van der Waals surface area contributed by atoms with E-state index in [9.17, 15) is 0 Å². The average Bonchev–Trinajstić information content (AvgIpc) is 2.21. The Balaban J connectivity index is 2.54. The number of nitrogens with one attached hydrogen (secondary N) is 1. The van der Waals surface area contributed by atoms with Crippen molar-refractivity contribution >= 4 is 0 Å². The van der Waals surface area contributed by atoms with Crippen molar-refractivity contribution in [3.8, 4) is 5.88 Å². The van der Waals surface area contributed by atoms with E-state index >= 15 is 0 Å². The molecule has 1 aromatic rings. The normalized spacial score (nSPS) is 10.8. The number of nitrogens with zero attached hydrogens (tertiary/aromatic N) is 1. The second-order valence-electron chi connectivity index (χ2n) is 4.35. The molecule has 0 aliphatic carbocycles. The van der Waals surface area contributed by atoms with Crippen LogP contribution in [0.25, 0.3) is 0 Å². The van der Waals surface area contributed by atoms with Crippen LogP contribution < -0.4 is 10.1 Å². The van der Waals surface area contributed by atoms with Gasteiger partial charge >= 0.3 is 0 Å². The molecule has 0 saturated heterocycles. The predicted octanol–water partition coefficient (Wildman–Crippen LogP) is 2.53. The highest BCUT2D eigenvalue weighted by Gasteiger charge is 2.02. The Bertz CT molecular complexity index is 324. The van der Waals surface area contributed by atoms with Crippen LogP contribution in [0.3, 0.4) is 0 Å². The molecule has 0 aliphatic heterocycles. The molecular weight excluding hydrogens is 200 g/mol. The van der Waals surface area contributed by atoms with Gasteiger partial charge in [-0.15, -0.1) is 0 Å². The first-order valence-electron chi connectivity index (χ1n) is 5.93. The third-order valence-corrected chi connectivity index (χ3v) is 2.33. The Kier molecular flexibility index (Phi) is 5.26. The van der Waals surface area contributed by atoms with E-state index < -0.39 is 0 Å². The fourth-order valence-electron chi connectivity index (χ4n) is 1.48. The maximum Gasteiger partial charge on any atom is 0.213 e. The molecule has 0 fully saturated rings. The summed E-state index contributed by atoms with van der Waals surface area (Å²) in [5.74, 6) is 1.39. The first-order chi connectivity index (χ1) is 7.63. The number of rotatable bonds is 6. The first-order valence-corrected chi connectivity index (χ1v) is 5.93. The van der Waals surface area contributed by atoms with Crippen molar-refractivity contribution in [3.63, 3.8) is 0 Å². The molecule has 16 heavy (non-hydrogen) atoms. The molecule has 1 rings (SSSR count). The molecular formula is C13H22N2O. The lowest BCUT2D eigenvalue weighted by atomic mass is 10.2. The van der Waals surface area contributed by atoms with Crippen LogP contribution in [0.4, 0.5) is 0 Å². The largest absolute Gasteiger partial charge is 0.478 e. The predicted molar refractivity (Wildman–Crippen MR) is 66.7 cm³/mol. The molecule has 1 N–H and O–H groups in total. The molecule has 1 heterocycles. The summed E-state index contributed by atoms with van der Waals surface area (Å²) in [6.07, 6.45) is 0. The molecule has 0 aromatic carbocycles. The summed E-state index contributed by atoms with van der Waals surface area (Å²) in [4.78, 5) is 4.40. The average molecular weight is 222 g/mol. The molecule has 0 spiro atoms. The van der Waals surface area contributed by atoms with Crippen molar-refractivity contribution in [1.29, 1.82) is 0 Å². The van der Waals surface area contributed by atoms with Gasteiger partial charge in [-0.2, -0.15) is 0 Å². The summed E-state index contributed by atoms with van der Waals surface area (Å²) in [6.45, 7) is 11.0. The van der Waals surface area contributed by atoms with Gasteiger partial charge in [0, 0.05) is 18.3 Å². The van der Waals surface area contributed by atoms with Crippen LogP contribution in [0, 0.1) is 12.8 Å². The van der Waals surface area contributed by atoms with Crippen molar-refractivity contribution < 1.29 is 4.74 Å². The standard InChI is InChI=1S/C13H22N2O/c1-5-16-13-7-6-12(11(4)15-13)9-14-8-10(2)3/h6-7,10,14H,5,8-9H2,1-4H3. The minimum atomic E-state index is 0.664. The van der Waals surface area contributed by atoms with Gasteiger partial charge in [0.1, 0.15) is 0 Å². The summed E-state index contributed by atoms with van der Waals surface area (Å²) in [7, 11) is 0. The Morgan fingerprint density at radius 1 is 1.38 bits per heavy atom. The van der Waals surface area contributed by atoms with Crippen molar-refractivity contribution in [2.24, 2.45) is 5.92 Å². The molecule has 0 aliphatic rings. The van der Waals surface area contributed by atoms with Gasteiger partial charge in [0.2, 0.25) is 5.88 Å². The van der Waals surface area contributed by atoms with Gasteiger partial charge in [0.25, 0.3) is 0 Å². The second-order valence-corrected chi connectivity index (χ2v) is 4.35. The molecule has 0 atom stereocenters. The van der Waals surface area contributed by atoms with E-state index in [0.29, 0.717) is 18.4 Å². The topological polar surface area (TPSA) is 34.1 Å². The van der Waals surface area contributed by atoms with Crippen molar-refractivity contribution in [2.45, 2.75) is 34.2 Å². The number of aryl methyl sites for hydroxylation is 1. The maximum absolute atomic E-state index is 5.35. The minimum Gasteiger partial charge on any atom is -0.478 e. The highest BCUT2D eigenvalue weighted by molar-refractivity contribution is 5.24. The van der Waals surface area contributed by atoms with Crippen molar-refractivity contribution in [3.05, 3.63) is 23.4 Å². The molecule has 0 saturated carbocycles. The van der Waals surface area contributed by atoms with Crippen LogP contribution in [-0.4, -0.2) is 18.1 Å². The third-order valence-electron chi connectivity index (χ3n) is 2.33. The zero-order valence-electron chi connectivity index (χ0n) is 10.7. The number of hydrogen-bond acceptors (Lipinski definition) is 3. The zero-order chi connectivity index (χ0) is 12.0. The van der Waals surface area contributed by atoms with Crippen LogP contribution in [0.1, 0.15) is 32.0 Å². The summed E-state index contributed by atoms with van der Waals surface area (Å²) in [6, 6.07) is 4.02. The van der Waals surface area contributed by atoms with Gasteiger partial charge < -0.3 is 10.1 Å². The van der Waals surface area contributed by atoms with E-state index in [1.54, 1.807) is 0 Å². The second kappa shape index (κ2) is 6.48. The van der Waals surface area contributed by atoms with Gasteiger partial charge in [-0.25, -0.2) is 4.98 Å². The van der Waals surface area contributed by atoms with Crippen molar-refractivity contribution in [2.75, 3.05) is 13.2 Å². The van der Waals surface area contributed by atoms with E-state index in [2.05, 4.69) is 30.2 Å². The Morgan fingerprint density at radius 3 is 2.69 bits per heavy atom. The van der Waals surface area contributed by atoms with E-state index in [4.69, 9.17) is 4.74 Å². The molecule has 3 heteroatoms. The number of hydrogen-bond donors (Lipinski definition) is 1. The number of pyridine rings is 1. The van der Waals surface area contributed by atoms with E-state index in [-0.39, 0.29) is 0 Å². The lowest BCUT2D eigenvalue weighted by Gasteiger charge is -2.10. The quantitative estimate of drug-likeness (QED) is 0.803. The molecule has 0 unspecified atom stereocenters. The summed E-state index contributed by atoms with van der Waals surface area (Å²) in [5.41, 5.74) is 2.28. The number of ether oxygens (including phenoxy) is 1. The molecule has 90 valence electrons. The smallest absolute Gasteiger partial charge is 0.213 e. The molecule has 0 bridgehead atoms. The van der Waals surface area contributed by atoms with Gasteiger partial charge in [-0.05, 0) is 31.9 Å². The lowest BCUT2D eigenvalue weighted by molar-refractivity contribution is 0.326. The molecule has 0 amide bonds. The SMILES string of the molecule is CCOc1ccc(CNCC(C)C)c(C)n1. The van der Waals surface area contributed by atoms with Crippen LogP contribution in [0.5, 0.6) is 5.88 Å². The third kappa shape index (κ3) is 4.19. The Labute approximate surface area is 98.2 Å². The van der Waals surface area contributed by atoms with Crippen LogP contribution in [0.2, 0.25) is 0 Å². The summed E-state index contributed by atoms with van der Waals surface area (Å²) >= 11 is 0. The highest BCUT2D eigenvalue weighted by Crippen LogP contribution is 2.12. The van der Waals surface area contributed by atoms with E-state index in [1.165, 1.54) is 5.56 Å². The fraction of sp³-hybridized carbons (Fsp3) is 0.615. The van der Waals surface area contributed by atoms with Crippen molar-refractivity contribution in [1.82, 2.24) is 10.3 Å². The summed E-state index contributed by atoms with van der Waals surface area (Å²) in [5, 5.41) is 3.41. The lowest BCUT2D eigenvalue weighted by Crippen LogP contribution is -2.19. The van der Waals surface area contributed by atoms with Crippen LogP contribution >= 0.6 is 0 Å². The Hall–Kier alpha value is -1.09. The zero-order valence-corrected chi connectivity index (χ0v) is 10.7. The molecule has 3 nitrogen and oxygen atoms in total. The highest BCUT2D eigenvalue weighted by atomic mass is 16.5. The van der Waals surface area contributed by atoms with Gasteiger partial charge in [0.05, 0.1) is 6.61 Å². The monoisotopic (exact) mass is 222 g/mol. The van der Waals surface area contributed by atoms with Gasteiger partial charge in [-0.3, -0.25) is 0 Å². The minimum absolute atomic E-state index is 0.664. The fourth-order valence-corrected chi connectivity index (χ4v) is 1.48. The molecule has 0 radical (unpaired) electrons. The first kappa shape index (κ1) is 13.0. The van der Waals surface area contributed by atoms with E-state index in [1.807, 2.05) is 19.9 Å². The number of aromatic nitrogens is 1. The van der Waals surface area contributed by atoms with E-state index in [0.717, 1.165) is 18.8 Å². The van der Waals surface area contributed by atoms with Gasteiger partial charge in [-0.1, -0.05) is 19.9 Å². The Morgan fingerprint density at radius 2 is 2.12 bits per heavy atom. The molecule has 1 aromatic heterocycles. The maximum atomic E-state index is 5.35.